The van der Waals surface area contributed by atoms with E-state index in [1.165, 1.54) is 0 Å². The van der Waals surface area contributed by atoms with Crippen molar-refractivity contribution in [3.8, 4) is 0 Å². The maximum Gasteiger partial charge on any atom is 0.254 e. The Morgan fingerprint density at radius 2 is 2.36 bits per heavy atom. The Morgan fingerprint density at radius 1 is 1.73 bits per heavy atom. The summed E-state index contributed by atoms with van der Waals surface area (Å²) >= 11 is 0. The van der Waals surface area contributed by atoms with Crippen LogP contribution in [0.15, 0.2) is 0 Å². The fraction of sp³-hybridized carbons (Fsp3) is 1.00. The van der Waals surface area contributed by atoms with E-state index < -0.39 is 5.54 Å². The van der Waals surface area contributed by atoms with E-state index in [9.17, 15) is 10.1 Å². The van der Waals surface area contributed by atoms with Gasteiger partial charge in [0.1, 0.15) is 6.61 Å². The lowest BCUT2D eigenvalue weighted by Crippen LogP contribution is -2.53. The number of rotatable bonds is 1. The maximum atomic E-state index is 10.5. The Kier molecular flexibility index (Phi) is 2.10. The van der Waals surface area contributed by atoms with E-state index in [0.29, 0.717) is 13.3 Å². The predicted molar refractivity (Wildman–Crippen MR) is 38.8 cm³/mol. The molecule has 0 aromatic heterocycles. The third-order valence-electron chi connectivity index (χ3n) is 1.78. The largest absolute Gasteiger partial charge is 0.359 e. The van der Waals surface area contributed by atoms with Gasteiger partial charge in [0.2, 0.25) is 0 Å². The maximum absolute atomic E-state index is 10.5. The van der Waals surface area contributed by atoms with Crippen LogP contribution >= 0.6 is 0 Å². The van der Waals surface area contributed by atoms with Gasteiger partial charge in [0.05, 0.1) is 13.3 Å². The summed E-state index contributed by atoms with van der Waals surface area (Å²) in [7, 11) is 1.81. The number of likely N-dealkylation sites (N-methyl/N-ethyl adjacent to an activating group) is 1. The monoisotopic (exact) mass is 160 g/mol. The van der Waals surface area contributed by atoms with Gasteiger partial charge in [-0.05, 0) is 7.05 Å². The van der Waals surface area contributed by atoms with Gasteiger partial charge in [0, 0.05) is 11.8 Å². The van der Waals surface area contributed by atoms with Crippen molar-refractivity contribution in [2.45, 2.75) is 12.5 Å². The molecule has 0 unspecified atom stereocenters. The summed E-state index contributed by atoms with van der Waals surface area (Å²) in [6.07, 6.45) is 0. The zero-order valence-electron chi connectivity index (χ0n) is 6.74. The Morgan fingerprint density at radius 3 is 2.73 bits per heavy atom. The third kappa shape index (κ3) is 1.66. The van der Waals surface area contributed by atoms with Gasteiger partial charge in [-0.15, -0.1) is 0 Å². The molecule has 1 fully saturated rings. The lowest BCUT2D eigenvalue weighted by Gasteiger charge is -2.31. The quantitative estimate of drug-likeness (QED) is 0.398. The predicted octanol–water partition coefficient (Wildman–Crippen LogP) is -0.0587. The summed E-state index contributed by atoms with van der Waals surface area (Å²) in [4.78, 5) is 12.0. The van der Waals surface area contributed by atoms with Crippen LogP contribution < -0.4 is 0 Å². The Bertz CT molecular complexity index is 173. The van der Waals surface area contributed by atoms with E-state index in [1.807, 2.05) is 0 Å². The lowest BCUT2D eigenvalue weighted by molar-refractivity contribution is -0.575. The molecule has 0 bridgehead atoms. The normalized spacial score (nSPS) is 33.6. The van der Waals surface area contributed by atoms with Gasteiger partial charge in [-0.3, -0.25) is 15.0 Å². The standard InChI is InChI=1S/C6H12N2O3/c1-6(8(9)10)3-7(2)5-11-4-6/h3-5H2,1-2H3/t6-/m1/s1. The van der Waals surface area contributed by atoms with Crippen LogP contribution in [0.1, 0.15) is 6.92 Å². The average molecular weight is 160 g/mol. The first kappa shape index (κ1) is 8.42. The van der Waals surface area contributed by atoms with E-state index in [0.717, 1.165) is 0 Å². The van der Waals surface area contributed by atoms with E-state index in [2.05, 4.69) is 0 Å². The first-order valence-electron chi connectivity index (χ1n) is 3.45. The number of nitro groups is 1. The van der Waals surface area contributed by atoms with Crippen LogP contribution in [0.3, 0.4) is 0 Å². The van der Waals surface area contributed by atoms with Gasteiger partial charge < -0.3 is 4.74 Å². The molecule has 1 rings (SSSR count). The molecule has 0 amide bonds. The number of ether oxygens (including phenoxy) is 1. The highest BCUT2D eigenvalue weighted by Crippen LogP contribution is 2.15. The lowest BCUT2D eigenvalue weighted by atomic mass is 10.0. The summed E-state index contributed by atoms with van der Waals surface area (Å²) in [5.74, 6) is 0. The second-order valence-electron chi connectivity index (χ2n) is 3.25. The van der Waals surface area contributed by atoms with E-state index in [4.69, 9.17) is 4.74 Å². The fourth-order valence-corrected chi connectivity index (χ4v) is 1.20. The molecule has 1 aliphatic heterocycles. The van der Waals surface area contributed by atoms with Crippen molar-refractivity contribution in [2.75, 3.05) is 26.9 Å². The van der Waals surface area contributed by atoms with Crippen molar-refractivity contribution in [3.05, 3.63) is 10.1 Å². The first-order valence-corrected chi connectivity index (χ1v) is 3.45. The summed E-state index contributed by atoms with van der Waals surface area (Å²) in [6.45, 7) is 2.76. The number of nitrogens with zero attached hydrogens (tertiary/aromatic N) is 2. The highest BCUT2D eigenvalue weighted by atomic mass is 16.6. The topological polar surface area (TPSA) is 55.6 Å². The van der Waals surface area contributed by atoms with Gasteiger partial charge in [-0.1, -0.05) is 0 Å². The SMILES string of the molecule is CN1COC[C@](C)([N+](=O)[O-])C1. The van der Waals surface area contributed by atoms with Crippen LogP contribution in [-0.2, 0) is 4.74 Å². The summed E-state index contributed by atoms with van der Waals surface area (Å²) in [5, 5.41) is 10.5. The van der Waals surface area contributed by atoms with Crippen LogP contribution in [0.2, 0.25) is 0 Å². The smallest absolute Gasteiger partial charge is 0.254 e. The van der Waals surface area contributed by atoms with Crippen molar-refractivity contribution >= 4 is 0 Å². The Balaban J connectivity index is 2.63. The highest BCUT2D eigenvalue weighted by Gasteiger charge is 2.41. The van der Waals surface area contributed by atoms with Gasteiger partial charge in [-0.25, -0.2) is 0 Å². The summed E-state index contributed by atoms with van der Waals surface area (Å²) in [6, 6.07) is 0. The highest BCUT2D eigenvalue weighted by molar-refractivity contribution is 4.79. The fourth-order valence-electron chi connectivity index (χ4n) is 1.20. The van der Waals surface area contributed by atoms with Crippen LogP contribution in [0.4, 0.5) is 0 Å². The number of hydrogen-bond acceptors (Lipinski definition) is 4. The molecule has 0 radical (unpaired) electrons. The molecular formula is C6H12N2O3. The van der Waals surface area contributed by atoms with Crippen LogP contribution in [-0.4, -0.2) is 42.3 Å². The molecule has 0 spiro atoms. The van der Waals surface area contributed by atoms with Crippen molar-refractivity contribution in [3.63, 3.8) is 0 Å². The van der Waals surface area contributed by atoms with E-state index in [1.54, 1.807) is 18.9 Å². The molecule has 1 saturated heterocycles. The van der Waals surface area contributed by atoms with E-state index >= 15 is 0 Å². The molecule has 1 heterocycles. The van der Waals surface area contributed by atoms with Crippen LogP contribution in [0, 0.1) is 10.1 Å². The second-order valence-corrected chi connectivity index (χ2v) is 3.25. The molecule has 5 heteroatoms. The van der Waals surface area contributed by atoms with Gasteiger partial charge in [-0.2, -0.15) is 0 Å². The molecule has 11 heavy (non-hydrogen) atoms. The first-order chi connectivity index (χ1) is 5.04. The molecule has 0 aromatic rings. The number of hydrogen-bond donors (Lipinski definition) is 0. The zero-order chi connectivity index (χ0) is 8.48. The van der Waals surface area contributed by atoms with Crippen LogP contribution in [0.25, 0.3) is 0 Å². The summed E-state index contributed by atoms with van der Waals surface area (Å²) in [5.41, 5.74) is -0.924. The molecule has 64 valence electrons. The van der Waals surface area contributed by atoms with Gasteiger partial charge in [0.15, 0.2) is 0 Å². The van der Waals surface area contributed by atoms with Crippen molar-refractivity contribution < 1.29 is 9.66 Å². The van der Waals surface area contributed by atoms with Crippen LogP contribution in [0.5, 0.6) is 0 Å². The van der Waals surface area contributed by atoms with Crippen molar-refractivity contribution in [2.24, 2.45) is 0 Å². The molecule has 0 saturated carbocycles. The minimum absolute atomic E-state index is 0.213. The second kappa shape index (κ2) is 2.75. The molecule has 5 nitrogen and oxygen atoms in total. The molecule has 0 N–H and O–H groups in total. The van der Waals surface area contributed by atoms with Crippen molar-refractivity contribution in [1.82, 2.24) is 4.90 Å². The molecule has 1 atom stereocenters. The summed E-state index contributed by atoms with van der Waals surface area (Å²) < 4.78 is 5.04. The minimum atomic E-state index is -0.924. The van der Waals surface area contributed by atoms with Crippen molar-refractivity contribution in [1.29, 1.82) is 0 Å². The average Bonchev–Trinajstić information content (AvgIpc) is 1.86. The molecule has 0 aliphatic carbocycles. The molecule has 1 aliphatic rings. The Hall–Kier alpha value is -0.680. The third-order valence-corrected chi connectivity index (χ3v) is 1.78. The Labute approximate surface area is 65.1 Å². The van der Waals surface area contributed by atoms with E-state index in [-0.39, 0.29) is 11.5 Å². The molecular weight excluding hydrogens is 148 g/mol. The van der Waals surface area contributed by atoms with Gasteiger partial charge in [0.25, 0.3) is 5.54 Å². The minimum Gasteiger partial charge on any atom is -0.359 e. The van der Waals surface area contributed by atoms with Gasteiger partial charge >= 0.3 is 0 Å². The molecule has 0 aromatic carbocycles. The zero-order valence-corrected chi connectivity index (χ0v) is 6.74.